The van der Waals surface area contributed by atoms with Crippen molar-refractivity contribution in [3.05, 3.63) is 0 Å². The topological polar surface area (TPSA) is 42.7 Å². The smallest absolute Gasteiger partial charge is 0.258 e. The Labute approximate surface area is 27.0 Å². The van der Waals surface area contributed by atoms with E-state index in [1.54, 1.807) is 0 Å². The van der Waals surface area contributed by atoms with Crippen molar-refractivity contribution in [2.45, 2.75) is 0 Å². The van der Waals surface area contributed by atoms with Crippen LogP contribution in [0.25, 0.3) is 0 Å². The van der Waals surface area contributed by atoms with Crippen molar-refractivity contribution < 1.29 is 9.73 Å². The van der Waals surface area contributed by atoms with Crippen molar-refractivity contribution in [1.82, 2.24) is 0 Å². The van der Waals surface area contributed by atoms with Crippen LogP contribution in [0.2, 0.25) is 0 Å². The molecule has 0 unspecified atom stereocenters. The maximum Gasteiger partial charge on any atom is 0.311 e. The molecule has 0 bridgehead atoms. The van der Waals surface area contributed by atoms with Gasteiger partial charge in [-0.15, -0.1) is 0 Å². The van der Waals surface area contributed by atoms with E-state index < -0.39 is 0 Å². The molecule has 2 N–H and O–H groups in total. The molecule has 0 saturated heterocycles. The molecule has 0 heterocycles. The van der Waals surface area contributed by atoms with Gasteiger partial charge in [0.2, 0.25) is 0 Å². The fraction of sp³-hybridized carbons (Fsp3) is 0. The standard InChI is InChI=1S/HNOP2/c1-3-4-2/h1H/p+1. The van der Waals surface area contributed by atoms with Gasteiger partial charge >= 0.3 is 8.06 Å². The Hall–Kier alpha value is 0.200. The highest BCUT2D eigenvalue weighted by Gasteiger charge is 1.58. The Morgan fingerprint density at radius 2 is 2.00 bits per heavy atom. The van der Waals surface area contributed by atoms with Gasteiger partial charge in [0.1, 0.15) is 0 Å². The molecule has 0 aromatic carbocycles. The first-order chi connectivity index (χ1) is 1.91. The lowest BCUT2D eigenvalue weighted by molar-refractivity contribution is -0.0731. The Bertz CT molecular complexity index is 27.0. The van der Waals surface area contributed by atoms with Crippen molar-refractivity contribution in [3.8, 4) is 0 Å². The van der Waals surface area contributed by atoms with Crippen LogP contribution >= 0.6 is 16.2 Å². The van der Waals surface area contributed by atoms with E-state index in [0.717, 1.165) is 0 Å². The van der Waals surface area contributed by atoms with Crippen LogP contribution in [0.4, 0.5) is 0 Å². The highest BCUT2D eigenvalue weighted by atomic mass is 32.0. The van der Waals surface area contributed by atoms with E-state index in [1.165, 1.54) is 0 Å². The molecule has 4 heteroatoms. The Morgan fingerprint density at radius 1 is 1.75 bits per heavy atom. The largest absolute Gasteiger partial charge is 0.311 e. The molecule has 4 heavy (non-hydrogen) atoms. The van der Waals surface area contributed by atoms with E-state index in [-0.39, 0.29) is 8.15 Å². The van der Waals surface area contributed by atoms with E-state index in [1.807, 2.05) is 0 Å². The van der Waals surface area contributed by atoms with Crippen LogP contribution in [-0.2, 0) is 4.57 Å². The molecule has 0 aliphatic carbocycles. The molecule has 0 saturated carbocycles. The maximum absolute atomic E-state index is 9.13. The number of hydrogen-bond acceptors (Lipinski definition) is 1. The first kappa shape index (κ1) is 4.20. The van der Waals surface area contributed by atoms with Crippen LogP contribution < -0.4 is 5.16 Å². The van der Waals surface area contributed by atoms with E-state index in [2.05, 4.69) is 5.16 Å². The molecule has 0 radical (unpaired) electrons. The molecular weight excluding hydrogens is 92.0 g/mol. The molecule has 0 rings (SSSR count). The average Bonchev–Trinajstić information content (AvgIpc) is 1.37. The molecule has 0 aliphatic rings. The van der Waals surface area contributed by atoms with Gasteiger partial charge in [-0.25, -0.2) is 5.16 Å². The SMILES string of the molecule is [NH2+]=PP=O. The molecule has 0 amide bonds. The molecular formula is H2NOP2+. The first-order valence-electron chi connectivity index (χ1n) is 0.641. The highest BCUT2D eigenvalue weighted by Crippen LogP contribution is 2.04. The lowest BCUT2D eigenvalue weighted by Gasteiger charge is -1.22. The fourth-order valence-electron chi connectivity index (χ4n) is 0. The van der Waals surface area contributed by atoms with Crippen molar-refractivity contribution in [1.29, 1.82) is 0 Å². The Kier molecular flexibility index (Phi) is 3.36. The van der Waals surface area contributed by atoms with Gasteiger partial charge in [0, 0.05) is 0 Å². The van der Waals surface area contributed by atoms with Crippen LogP contribution in [0.1, 0.15) is 0 Å². The highest BCUT2D eigenvalue weighted by molar-refractivity contribution is 7.99. The van der Waals surface area contributed by atoms with Gasteiger partial charge in [0.25, 0.3) is 8.15 Å². The van der Waals surface area contributed by atoms with E-state index in [9.17, 15) is 0 Å². The molecule has 0 aromatic heterocycles. The lowest BCUT2D eigenvalue weighted by Crippen LogP contribution is -2.14. The van der Waals surface area contributed by atoms with Crippen molar-refractivity contribution in [2.75, 3.05) is 0 Å². The maximum atomic E-state index is 9.13. The second-order valence-electron chi connectivity index (χ2n) is 0.197. The van der Waals surface area contributed by atoms with E-state index in [0.29, 0.717) is 8.06 Å². The zero-order chi connectivity index (χ0) is 3.41. The zero-order valence-corrected chi connectivity index (χ0v) is 3.67. The summed E-state index contributed by atoms with van der Waals surface area (Å²) < 4.78 is 9.13. The molecule has 22 valence electrons. The van der Waals surface area contributed by atoms with Gasteiger partial charge in [0.15, 0.2) is 0 Å². The number of hydrogen-bond donors (Lipinski definition) is 1. The number of rotatable bonds is 1. The molecule has 0 spiro atoms. The predicted octanol–water partition coefficient (Wildman–Crippen LogP) is 0.0820. The lowest BCUT2D eigenvalue weighted by atomic mass is 14.0. The zero-order valence-electron chi connectivity index (χ0n) is 1.88. The van der Waals surface area contributed by atoms with E-state index >= 15 is 0 Å². The van der Waals surface area contributed by atoms with Gasteiger partial charge in [-0.2, -0.15) is 0 Å². The normalized spacial score (nSPS) is 9.00. The molecule has 0 atom stereocenters. The van der Waals surface area contributed by atoms with Gasteiger partial charge in [-0.05, 0) is 0 Å². The minimum atomic E-state index is -0.00154. The van der Waals surface area contributed by atoms with Crippen molar-refractivity contribution >= 4 is 16.2 Å². The summed E-state index contributed by atoms with van der Waals surface area (Å²) in [7, 11) is 0.414. The summed E-state index contributed by atoms with van der Waals surface area (Å²) >= 11 is 0. The molecule has 0 fully saturated rings. The molecule has 2 nitrogen and oxygen atoms in total. The minimum absolute atomic E-state index is 0.00154. The fourth-order valence-corrected chi connectivity index (χ4v) is 0. The van der Waals surface area contributed by atoms with Gasteiger partial charge in [-0.3, -0.25) is 4.57 Å². The van der Waals surface area contributed by atoms with Gasteiger partial charge in [-0.1, -0.05) is 0 Å². The minimum Gasteiger partial charge on any atom is -0.258 e. The van der Waals surface area contributed by atoms with Crippen LogP contribution in [0.3, 0.4) is 0 Å². The summed E-state index contributed by atoms with van der Waals surface area (Å²) in [5.74, 6) is 0. The predicted molar refractivity (Wildman–Crippen MR) is 16.5 cm³/mol. The summed E-state index contributed by atoms with van der Waals surface area (Å²) in [6.07, 6.45) is 0. The quantitative estimate of drug-likeness (QED) is 0.459. The van der Waals surface area contributed by atoms with Crippen LogP contribution in [-0.4, -0.2) is 0 Å². The van der Waals surface area contributed by atoms with Crippen LogP contribution in [0, 0.1) is 0 Å². The monoisotopic (exact) mass is 94.0 g/mol. The van der Waals surface area contributed by atoms with E-state index in [4.69, 9.17) is 4.57 Å². The Balaban J connectivity index is 2.73. The Morgan fingerprint density at radius 3 is 2.00 bits per heavy atom. The van der Waals surface area contributed by atoms with Crippen molar-refractivity contribution in [2.24, 2.45) is 0 Å². The summed E-state index contributed by atoms with van der Waals surface area (Å²) in [6.45, 7) is 0. The second-order valence-corrected chi connectivity index (χ2v) is 1.77. The second kappa shape index (κ2) is 3.20. The summed E-state index contributed by atoms with van der Waals surface area (Å²) in [6, 6.07) is 0. The first-order valence-corrected chi connectivity index (χ1v) is 3.12. The summed E-state index contributed by atoms with van der Waals surface area (Å²) in [4.78, 5) is 0. The number of nitrogens with two attached hydrogens (primary N) is 1. The summed E-state index contributed by atoms with van der Waals surface area (Å²) in [5.41, 5.74) is 0. The van der Waals surface area contributed by atoms with Gasteiger partial charge in [0.05, 0.1) is 0 Å². The van der Waals surface area contributed by atoms with Gasteiger partial charge < -0.3 is 0 Å². The molecule has 0 aromatic rings. The van der Waals surface area contributed by atoms with Crippen LogP contribution in [0.15, 0.2) is 0 Å². The third-order valence-electron chi connectivity index (χ3n) is 0.0471. The van der Waals surface area contributed by atoms with Crippen LogP contribution in [0.5, 0.6) is 0 Å². The third kappa shape index (κ3) is 2.20. The van der Waals surface area contributed by atoms with Crippen molar-refractivity contribution in [3.63, 3.8) is 0 Å². The average molecular weight is 94.0 g/mol. The summed E-state index contributed by atoms with van der Waals surface area (Å²) in [5, 5.41) is 4.68. The third-order valence-corrected chi connectivity index (χ3v) is 0.424. The molecule has 0 aliphatic heterocycles.